The molecule has 0 aromatic carbocycles. The lowest BCUT2D eigenvalue weighted by Crippen LogP contribution is -2.28. The lowest BCUT2D eigenvalue weighted by atomic mass is 9.75. The van der Waals surface area contributed by atoms with Crippen molar-refractivity contribution in [2.75, 3.05) is 13.2 Å². The van der Waals surface area contributed by atoms with Gasteiger partial charge in [-0.05, 0) is 32.4 Å². The van der Waals surface area contributed by atoms with Crippen molar-refractivity contribution in [2.45, 2.75) is 41.0 Å². The Morgan fingerprint density at radius 1 is 1.35 bits per heavy atom. The minimum absolute atomic E-state index is 0.207. The second-order valence-corrected chi connectivity index (χ2v) is 4.88. The van der Waals surface area contributed by atoms with Crippen LogP contribution in [0.1, 0.15) is 41.0 Å². The summed E-state index contributed by atoms with van der Waals surface area (Å²) < 4.78 is 10.7. The highest BCUT2D eigenvalue weighted by atomic mass is 16.5. The molecule has 0 aromatic heterocycles. The summed E-state index contributed by atoms with van der Waals surface area (Å²) >= 11 is 0. The first kappa shape index (κ1) is 13.8. The third kappa shape index (κ3) is 3.11. The van der Waals surface area contributed by atoms with Gasteiger partial charge in [0.05, 0.1) is 19.0 Å². The SMILES string of the molecule is CCOC(=O)C1=C(C)C=C(OCC)CC1(C)C. The van der Waals surface area contributed by atoms with E-state index in [-0.39, 0.29) is 11.4 Å². The Kier molecular flexibility index (Phi) is 4.38. The van der Waals surface area contributed by atoms with Crippen molar-refractivity contribution in [3.8, 4) is 0 Å². The fraction of sp³-hybridized carbons (Fsp3) is 0.643. The lowest BCUT2D eigenvalue weighted by molar-refractivity contribution is -0.139. The van der Waals surface area contributed by atoms with Crippen LogP contribution in [-0.4, -0.2) is 19.2 Å². The van der Waals surface area contributed by atoms with Crippen molar-refractivity contribution >= 4 is 5.97 Å². The molecule has 0 radical (unpaired) electrons. The number of rotatable bonds is 4. The first-order chi connectivity index (χ1) is 7.92. The summed E-state index contributed by atoms with van der Waals surface area (Å²) in [7, 11) is 0. The Morgan fingerprint density at radius 3 is 2.47 bits per heavy atom. The maximum Gasteiger partial charge on any atom is 0.334 e. The number of allylic oxidation sites excluding steroid dienone is 3. The van der Waals surface area contributed by atoms with Crippen molar-refractivity contribution in [3.63, 3.8) is 0 Å². The molecule has 0 aliphatic heterocycles. The maximum absolute atomic E-state index is 11.9. The van der Waals surface area contributed by atoms with Crippen LogP contribution in [0.4, 0.5) is 0 Å². The van der Waals surface area contributed by atoms with Gasteiger partial charge in [0.1, 0.15) is 0 Å². The third-order valence-corrected chi connectivity index (χ3v) is 2.87. The third-order valence-electron chi connectivity index (χ3n) is 2.87. The minimum atomic E-state index is -0.227. The van der Waals surface area contributed by atoms with E-state index in [1.807, 2.05) is 26.8 Å². The molecule has 1 rings (SSSR count). The molecule has 96 valence electrons. The summed E-state index contributed by atoms with van der Waals surface area (Å²) in [6.45, 7) is 10.9. The average Bonchev–Trinajstić information content (AvgIpc) is 2.15. The number of carbonyl (C=O) groups is 1. The summed E-state index contributed by atoms with van der Waals surface area (Å²) in [6, 6.07) is 0. The van der Waals surface area contributed by atoms with Crippen molar-refractivity contribution in [2.24, 2.45) is 5.41 Å². The molecule has 0 fully saturated rings. The van der Waals surface area contributed by atoms with Gasteiger partial charge in [0, 0.05) is 17.4 Å². The molecule has 0 amide bonds. The Hall–Kier alpha value is -1.25. The number of hydrogen-bond donors (Lipinski definition) is 0. The molecule has 0 saturated heterocycles. The van der Waals surface area contributed by atoms with Crippen LogP contribution in [-0.2, 0) is 14.3 Å². The highest BCUT2D eigenvalue weighted by molar-refractivity contribution is 5.91. The van der Waals surface area contributed by atoms with Gasteiger partial charge in [-0.2, -0.15) is 0 Å². The summed E-state index contributed by atoms with van der Waals surface area (Å²) in [5, 5.41) is 0. The molecule has 0 saturated carbocycles. The van der Waals surface area contributed by atoms with E-state index in [0.29, 0.717) is 13.2 Å². The monoisotopic (exact) mass is 238 g/mol. The fourth-order valence-corrected chi connectivity index (χ4v) is 2.34. The van der Waals surface area contributed by atoms with E-state index in [2.05, 4.69) is 13.8 Å². The minimum Gasteiger partial charge on any atom is -0.498 e. The second kappa shape index (κ2) is 5.39. The first-order valence-electron chi connectivity index (χ1n) is 6.14. The average molecular weight is 238 g/mol. The predicted octanol–water partition coefficient (Wildman–Crippen LogP) is 3.22. The van der Waals surface area contributed by atoms with E-state index >= 15 is 0 Å². The zero-order valence-corrected chi connectivity index (χ0v) is 11.4. The molecule has 0 heterocycles. The zero-order valence-electron chi connectivity index (χ0n) is 11.4. The quantitative estimate of drug-likeness (QED) is 0.705. The fourth-order valence-electron chi connectivity index (χ4n) is 2.34. The molecule has 1 aliphatic carbocycles. The van der Waals surface area contributed by atoms with Gasteiger partial charge in [-0.25, -0.2) is 4.79 Å². The molecule has 3 nitrogen and oxygen atoms in total. The standard InChI is InChI=1S/C14H22O3/c1-6-16-11-8-10(3)12(13(15)17-7-2)14(4,5)9-11/h8H,6-7,9H2,1-5H3. The van der Waals surface area contributed by atoms with E-state index in [1.165, 1.54) is 0 Å². The van der Waals surface area contributed by atoms with E-state index in [4.69, 9.17) is 9.47 Å². The molecule has 0 bridgehead atoms. The summed E-state index contributed by atoms with van der Waals surface area (Å²) in [6.07, 6.45) is 2.69. The summed E-state index contributed by atoms with van der Waals surface area (Å²) in [5.74, 6) is 0.741. The van der Waals surface area contributed by atoms with Crippen LogP contribution in [0.15, 0.2) is 23.0 Å². The zero-order chi connectivity index (χ0) is 13.1. The molecule has 3 heteroatoms. The van der Waals surface area contributed by atoms with E-state index < -0.39 is 0 Å². The van der Waals surface area contributed by atoms with Crippen molar-refractivity contribution < 1.29 is 14.3 Å². The number of ether oxygens (including phenoxy) is 2. The van der Waals surface area contributed by atoms with Gasteiger partial charge in [-0.1, -0.05) is 13.8 Å². The van der Waals surface area contributed by atoms with Crippen LogP contribution in [0.25, 0.3) is 0 Å². The predicted molar refractivity (Wildman–Crippen MR) is 67.4 cm³/mol. The molecule has 17 heavy (non-hydrogen) atoms. The molecule has 0 unspecified atom stereocenters. The van der Waals surface area contributed by atoms with Crippen LogP contribution in [0, 0.1) is 5.41 Å². The number of hydrogen-bond acceptors (Lipinski definition) is 3. The Bertz CT molecular complexity index is 362. The highest BCUT2D eigenvalue weighted by Gasteiger charge is 2.35. The Balaban J connectivity index is 3.06. The van der Waals surface area contributed by atoms with E-state index in [0.717, 1.165) is 23.3 Å². The van der Waals surface area contributed by atoms with Crippen LogP contribution >= 0.6 is 0 Å². The molecule has 0 spiro atoms. The Labute approximate surface area is 103 Å². The topological polar surface area (TPSA) is 35.5 Å². The van der Waals surface area contributed by atoms with Crippen molar-refractivity contribution in [3.05, 3.63) is 23.0 Å². The van der Waals surface area contributed by atoms with Gasteiger partial charge in [-0.15, -0.1) is 0 Å². The van der Waals surface area contributed by atoms with Gasteiger partial charge in [0.25, 0.3) is 0 Å². The van der Waals surface area contributed by atoms with Crippen LogP contribution in [0.3, 0.4) is 0 Å². The van der Waals surface area contributed by atoms with Gasteiger partial charge in [-0.3, -0.25) is 0 Å². The molecule has 1 aliphatic rings. The lowest BCUT2D eigenvalue weighted by Gasteiger charge is -2.32. The van der Waals surface area contributed by atoms with Crippen LogP contribution in [0.2, 0.25) is 0 Å². The highest BCUT2D eigenvalue weighted by Crippen LogP contribution is 2.40. The van der Waals surface area contributed by atoms with Crippen LogP contribution in [0.5, 0.6) is 0 Å². The van der Waals surface area contributed by atoms with E-state index in [1.54, 1.807) is 0 Å². The Morgan fingerprint density at radius 2 is 2.00 bits per heavy atom. The van der Waals surface area contributed by atoms with Gasteiger partial charge < -0.3 is 9.47 Å². The molecule has 0 N–H and O–H groups in total. The largest absolute Gasteiger partial charge is 0.498 e. The van der Waals surface area contributed by atoms with Gasteiger partial charge in [0.2, 0.25) is 0 Å². The van der Waals surface area contributed by atoms with E-state index in [9.17, 15) is 4.79 Å². The maximum atomic E-state index is 11.9. The van der Waals surface area contributed by atoms with Gasteiger partial charge >= 0.3 is 5.97 Å². The molecular formula is C14H22O3. The number of esters is 1. The smallest absolute Gasteiger partial charge is 0.334 e. The first-order valence-corrected chi connectivity index (χ1v) is 6.14. The number of carbonyl (C=O) groups excluding carboxylic acids is 1. The summed E-state index contributed by atoms with van der Waals surface area (Å²) in [4.78, 5) is 11.9. The van der Waals surface area contributed by atoms with Crippen LogP contribution < -0.4 is 0 Å². The summed E-state index contributed by atoms with van der Waals surface area (Å²) in [5.41, 5.74) is 1.49. The molecule has 0 aromatic rings. The second-order valence-electron chi connectivity index (χ2n) is 4.88. The van der Waals surface area contributed by atoms with Crippen molar-refractivity contribution in [1.82, 2.24) is 0 Å². The normalized spacial score (nSPS) is 18.8. The van der Waals surface area contributed by atoms with Crippen molar-refractivity contribution in [1.29, 1.82) is 0 Å². The van der Waals surface area contributed by atoms with Gasteiger partial charge in [0.15, 0.2) is 0 Å². The molecule has 0 atom stereocenters. The molecular weight excluding hydrogens is 216 g/mol.